The Balaban J connectivity index is 1.97. The molecule has 0 bridgehead atoms. The summed E-state index contributed by atoms with van der Waals surface area (Å²) in [6.45, 7) is 0. The highest BCUT2D eigenvalue weighted by Crippen LogP contribution is 2.61. The zero-order chi connectivity index (χ0) is 6.10. The van der Waals surface area contributed by atoms with Gasteiger partial charge in [0.05, 0.1) is 4.58 Å². The van der Waals surface area contributed by atoms with E-state index >= 15 is 0 Å². The molecule has 0 amide bonds. The molecule has 0 aromatic rings. The second-order valence-electron chi connectivity index (χ2n) is 1.69. The van der Waals surface area contributed by atoms with E-state index in [1.807, 2.05) is 41.2 Å². The summed E-state index contributed by atoms with van der Waals surface area (Å²) in [6, 6.07) is 0. The van der Waals surface area contributed by atoms with Crippen molar-refractivity contribution in [1.82, 2.24) is 0 Å². The smallest absolute Gasteiger partial charge is 0.0616 e. The van der Waals surface area contributed by atoms with Crippen LogP contribution in [0.1, 0.15) is 0 Å². The van der Waals surface area contributed by atoms with Gasteiger partial charge in [-0.2, -0.15) is 0 Å². The SMILES string of the molecule is C1=CC(C2SSSS2)=C1. The van der Waals surface area contributed by atoms with Crippen LogP contribution in [-0.2, 0) is 0 Å². The fraction of sp³-hybridized carbons (Fsp3) is 0.200. The fourth-order valence-corrected chi connectivity index (χ4v) is 9.23. The maximum Gasteiger partial charge on any atom is 0.0975 e. The summed E-state index contributed by atoms with van der Waals surface area (Å²) in [5.41, 5.74) is 1.49. The molecule has 0 aromatic heterocycles. The lowest BCUT2D eigenvalue weighted by Gasteiger charge is -2.10. The Morgan fingerprint density at radius 3 is 2.33 bits per heavy atom. The molecule has 9 heavy (non-hydrogen) atoms. The first-order chi connectivity index (χ1) is 4.47. The Bertz CT molecular complexity index is 166. The molecule has 1 aliphatic heterocycles. The molecule has 2 rings (SSSR count). The number of allylic oxidation sites excluding steroid dienone is 3. The van der Waals surface area contributed by atoms with E-state index in [4.69, 9.17) is 0 Å². The maximum atomic E-state index is 2.19. The van der Waals surface area contributed by atoms with Crippen LogP contribution < -0.4 is 0 Å². The van der Waals surface area contributed by atoms with Crippen LogP contribution in [0.25, 0.3) is 0 Å². The number of rotatable bonds is 1. The van der Waals surface area contributed by atoms with Crippen molar-refractivity contribution >= 4 is 41.2 Å². The van der Waals surface area contributed by atoms with E-state index in [1.54, 1.807) is 0 Å². The van der Waals surface area contributed by atoms with Crippen molar-refractivity contribution in [3.05, 3.63) is 23.8 Å². The second-order valence-corrected chi connectivity index (χ2v) is 8.01. The van der Waals surface area contributed by atoms with Gasteiger partial charge in [0.1, 0.15) is 0 Å². The van der Waals surface area contributed by atoms with Crippen LogP contribution in [0, 0.1) is 0 Å². The number of hydrogen-bond acceptors (Lipinski definition) is 4. The third-order valence-electron chi connectivity index (χ3n) is 1.13. The van der Waals surface area contributed by atoms with Crippen molar-refractivity contribution in [2.24, 2.45) is 0 Å². The van der Waals surface area contributed by atoms with Crippen molar-refractivity contribution in [2.45, 2.75) is 4.58 Å². The van der Waals surface area contributed by atoms with Gasteiger partial charge in [-0.05, 0) is 25.2 Å². The first-order valence-corrected chi connectivity index (χ1v) is 7.45. The molecular formula is C5H4S4. The molecule has 4 heteroatoms. The predicted molar refractivity (Wildman–Crippen MR) is 51.4 cm³/mol. The van der Waals surface area contributed by atoms with Crippen molar-refractivity contribution in [3.63, 3.8) is 0 Å². The molecule has 2 aliphatic rings. The third kappa shape index (κ3) is 1.31. The van der Waals surface area contributed by atoms with Gasteiger partial charge in [0, 0.05) is 0 Å². The molecule has 0 saturated carbocycles. The number of hydrogen-bond donors (Lipinski definition) is 0. The van der Waals surface area contributed by atoms with Crippen LogP contribution in [0.5, 0.6) is 0 Å². The summed E-state index contributed by atoms with van der Waals surface area (Å²) in [6.07, 6.45) is 6.48. The Morgan fingerprint density at radius 2 is 1.89 bits per heavy atom. The third-order valence-corrected chi connectivity index (χ3v) is 8.75. The molecule has 0 aromatic carbocycles. The van der Waals surface area contributed by atoms with Gasteiger partial charge in [0.25, 0.3) is 0 Å². The molecule has 48 valence electrons. The molecule has 0 spiro atoms. The minimum atomic E-state index is 0.699. The van der Waals surface area contributed by atoms with E-state index in [0.29, 0.717) is 4.58 Å². The van der Waals surface area contributed by atoms with Gasteiger partial charge in [-0.25, -0.2) is 0 Å². The Labute approximate surface area is 69.5 Å². The monoisotopic (exact) mass is 192 g/mol. The van der Waals surface area contributed by atoms with Crippen molar-refractivity contribution in [2.75, 3.05) is 0 Å². The lowest BCUT2D eigenvalue weighted by atomic mass is 10.1. The van der Waals surface area contributed by atoms with Gasteiger partial charge in [0.15, 0.2) is 0 Å². The maximum absolute atomic E-state index is 2.19. The van der Waals surface area contributed by atoms with Crippen LogP contribution in [0.2, 0.25) is 0 Å². The lowest BCUT2D eigenvalue weighted by molar-refractivity contribution is 1.43. The molecule has 1 heterocycles. The van der Waals surface area contributed by atoms with Crippen LogP contribution >= 0.6 is 41.2 Å². The second kappa shape index (κ2) is 2.86. The van der Waals surface area contributed by atoms with E-state index in [9.17, 15) is 0 Å². The molecule has 1 aliphatic carbocycles. The predicted octanol–water partition coefficient (Wildman–Crippen LogP) is 3.50. The molecule has 0 N–H and O–H groups in total. The fourth-order valence-electron chi connectivity index (χ4n) is 0.595. The van der Waals surface area contributed by atoms with Crippen molar-refractivity contribution < 1.29 is 0 Å². The average molecular weight is 192 g/mol. The molecule has 0 unspecified atom stereocenters. The van der Waals surface area contributed by atoms with E-state index in [2.05, 4.69) is 18.2 Å². The summed E-state index contributed by atoms with van der Waals surface area (Å²) in [5, 5.41) is 0. The first kappa shape index (κ1) is 6.58. The first-order valence-electron chi connectivity index (χ1n) is 2.50. The van der Waals surface area contributed by atoms with Gasteiger partial charge in [-0.1, -0.05) is 39.8 Å². The van der Waals surface area contributed by atoms with Crippen LogP contribution in [0.15, 0.2) is 23.8 Å². The minimum Gasteiger partial charge on any atom is -0.0616 e. The standard InChI is InChI=1S/C5H4S4/c1-2-4(3-1)5-6-8-9-7-5/h1-3,5H. The van der Waals surface area contributed by atoms with E-state index in [1.165, 1.54) is 5.57 Å². The molecule has 0 radical (unpaired) electrons. The highest BCUT2D eigenvalue weighted by atomic mass is 33.7. The molecule has 0 nitrogen and oxygen atoms in total. The Kier molecular flexibility index (Phi) is 2.09. The van der Waals surface area contributed by atoms with Gasteiger partial charge >= 0.3 is 0 Å². The summed E-state index contributed by atoms with van der Waals surface area (Å²) in [5.74, 6) is 0. The van der Waals surface area contributed by atoms with Crippen LogP contribution in [0.4, 0.5) is 0 Å². The Hall–Kier alpha value is 0.880. The Morgan fingerprint density at radius 1 is 1.22 bits per heavy atom. The average Bonchev–Trinajstić information content (AvgIpc) is 2.11. The zero-order valence-corrected chi connectivity index (χ0v) is 7.71. The summed E-state index contributed by atoms with van der Waals surface area (Å²) >= 11 is 0. The quantitative estimate of drug-likeness (QED) is 0.583. The molecule has 1 saturated heterocycles. The highest BCUT2D eigenvalue weighted by Gasteiger charge is 2.22. The van der Waals surface area contributed by atoms with Gasteiger partial charge in [-0.3, -0.25) is 0 Å². The largest absolute Gasteiger partial charge is 0.0975 e. The zero-order valence-electron chi connectivity index (χ0n) is 4.44. The van der Waals surface area contributed by atoms with Crippen LogP contribution in [-0.4, -0.2) is 4.58 Å². The summed E-state index contributed by atoms with van der Waals surface area (Å²) in [7, 11) is 7.66. The molecule has 0 atom stereocenters. The normalized spacial score (nSPS) is 26.0. The van der Waals surface area contributed by atoms with Gasteiger partial charge < -0.3 is 0 Å². The minimum absolute atomic E-state index is 0.699. The lowest BCUT2D eigenvalue weighted by Crippen LogP contribution is -1.97. The van der Waals surface area contributed by atoms with E-state index in [-0.39, 0.29) is 0 Å². The van der Waals surface area contributed by atoms with Crippen LogP contribution in [0.3, 0.4) is 0 Å². The van der Waals surface area contributed by atoms with Gasteiger partial charge in [0.2, 0.25) is 0 Å². The van der Waals surface area contributed by atoms with Gasteiger partial charge in [-0.15, -0.1) is 0 Å². The van der Waals surface area contributed by atoms with Crippen molar-refractivity contribution in [1.29, 1.82) is 0 Å². The summed E-state index contributed by atoms with van der Waals surface area (Å²) < 4.78 is 0.699. The molecular weight excluding hydrogens is 188 g/mol. The summed E-state index contributed by atoms with van der Waals surface area (Å²) in [4.78, 5) is 0. The molecule has 1 fully saturated rings. The van der Waals surface area contributed by atoms with E-state index in [0.717, 1.165) is 0 Å². The highest BCUT2D eigenvalue weighted by molar-refractivity contribution is 9.31. The van der Waals surface area contributed by atoms with E-state index < -0.39 is 0 Å². The van der Waals surface area contributed by atoms with Crippen molar-refractivity contribution in [3.8, 4) is 0 Å². The topological polar surface area (TPSA) is 0 Å².